The van der Waals surface area contributed by atoms with Crippen LogP contribution in [0.1, 0.15) is 41.6 Å². The Bertz CT molecular complexity index is 1150. The van der Waals surface area contributed by atoms with E-state index in [1.165, 1.54) is 12.1 Å². The lowest BCUT2D eigenvalue weighted by atomic mass is 9.96. The molecule has 0 spiro atoms. The first kappa shape index (κ1) is 29.6. The smallest absolute Gasteiger partial charge is 0.328 e. The van der Waals surface area contributed by atoms with Crippen LogP contribution in [0, 0.1) is 5.82 Å². The van der Waals surface area contributed by atoms with Gasteiger partial charge < -0.3 is 20.3 Å². The van der Waals surface area contributed by atoms with Crippen LogP contribution in [0.15, 0.2) is 48.5 Å². The van der Waals surface area contributed by atoms with E-state index in [9.17, 15) is 14.0 Å². The first-order valence-electron chi connectivity index (χ1n) is 13.5. The molecule has 6 nitrogen and oxygen atoms in total. The largest absolute Gasteiger partial charge is 0.461 e. The number of hydrogen-bond acceptors (Lipinski definition) is 7. The second kappa shape index (κ2) is 14.3. The molecule has 39 heavy (non-hydrogen) atoms. The summed E-state index contributed by atoms with van der Waals surface area (Å²) in [6.07, 6.45) is 8.99. The average Bonchev–Trinajstić information content (AvgIpc) is 3.36. The zero-order valence-electron chi connectivity index (χ0n) is 22.6. The molecule has 2 saturated heterocycles. The zero-order valence-corrected chi connectivity index (χ0v) is 24.3. The molecule has 2 aliphatic heterocycles. The first-order valence-corrected chi connectivity index (χ1v) is 15.4. The molecule has 2 aromatic carbocycles. The number of carbonyl (C=O) groups excluding carboxylic acids is 2. The number of rotatable bonds is 10. The molecule has 1 amide bonds. The van der Waals surface area contributed by atoms with Gasteiger partial charge in [-0.3, -0.25) is 4.79 Å². The second-order valence-electron chi connectivity index (χ2n) is 10.3. The van der Waals surface area contributed by atoms with E-state index in [-0.39, 0.29) is 29.8 Å². The van der Waals surface area contributed by atoms with Gasteiger partial charge in [-0.05, 0) is 85.7 Å². The van der Waals surface area contributed by atoms with Crippen molar-refractivity contribution in [3.8, 4) is 11.1 Å². The van der Waals surface area contributed by atoms with Crippen molar-refractivity contribution in [2.24, 2.45) is 0 Å². The Hall–Kier alpha value is -2.33. The van der Waals surface area contributed by atoms with Crippen molar-refractivity contribution >= 4 is 42.3 Å². The van der Waals surface area contributed by atoms with Crippen LogP contribution in [0.5, 0.6) is 0 Å². The highest BCUT2D eigenvalue weighted by Crippen LogP contribution is 2.27. The van der Waals surface area contributed by atoms with Crippen molar-refractivity contribution < 1.29 is 18.7 Å². The Morgan fingerprint density at radius 3 is 2.64 bits per heavy atom. The maximum atomic E-state index is 13.7. The number of likely N-dealkylation sites (tertiary alicyclic amines) is 1. The highest BCUT2D eigenvalue weighted by atomic mass is 32.2. The number of amides is 1. The molecule has 2 N–H and O–H groups in total. The summed E-state index contributed by atoms with van der Waals surface area (Å²) < 4.78 is 19.5. The Balaban J connectivity index is 1.54. The second-order valence-corrected chi connectivity index (χ2v) is 12.0. The lowest BCUT2D eigenvalue weighted by Gasteiger charge is -2.30. The number of halogens is 1. The van der Waals surface area contributed by atoms with Gasteiger partial charge in [-0.15, -0.1) is 0 Å². The van der Waals surface area contributed by atoms with Gasteiger partial charge in [-0.2, -0.15) is 24.4 Å². The summed E-state index contributed by atoms with van der Waals surface area (Å²) in [7, 11) is 2.06. The maximum absolute atomic E-state index is 13.7. The third kappa shape index (κ3) is 8.58. The minimum Gasteiger partial charge on any atom is -0.461 e. The summed E-state index contributed by atoms with van der Waals surface area (Å²) in [6, 6.07) is 11.2. The summed E-state index contributed by atoms with van der Waals surface area (Å²) in [6.45, 7) is 2.64. The molecule has 2 fully saturated rings. The van der Waals surface area contributed by atoms with Gasteiger partial charge in [-0.1, -0.05) is 30.4 Å². The molecule has 2 aliphatic rings. The van der Waals surface area contributed by atoms with Gasteiger partial charge in [-0.25, -0.2) is 9.18 Å². The van der Waals surface area contributed by atoms with E-state index in [1.54, 1.807) is 30.0 Å². The number of carbonyl (C=O) groups is 2. The summed E-state index contributed by atoms with van der Waals surface area (Å²) in [5, 5.41) is 6.70. The van der Waals surface area contributed by atoms with Crippen LogP contribution in [0.3, 0.4) is 0 Å². The number of esters is 1. The van der Waals surface area contributed by atoms with Gasteiger partial charge >= 0.3 is 5.97 Å². The molecule has 0 radical (unpaired) electrons. The highest BCUT2D eigenvalue weighted by molar-refractivity contribution is 7.98. The number of piperidine rings is 1. The molecule has 0 saturated carbocycles. The van der Waals surface area contributed by atoms with E-state index in [0.29, 0.717) is 28.6 Å². The standard InChI is InChI=1S/C30H38FN3O3S2/c1-34-14-11-24(12-15-34)37-30(36)28(13-16-39-2)33-29(35)26-10-4-20(3-9-23-18-25(38)19-32-23)17-27(26)21-5-7-22(31)8-6-21/h3-10,17,23-25,28,32,38H,11-16,18-19H2,1-2H3,(H,33,35)/b9-3+/t23-,25+,28?/m1/s1. The number of nitrogens with zero attached hydrogens (tertiary/aromatic N) is 1. The summed E-state index contributed by atoms with van der Waals surface area (Å²) in [5.41, 5.74) is 2.75. The summed E-state index contributed by atoms with van der Waals surface area (Å²) >= 11 is 6.15. The average molecular weight is 572 g/mol. The number of hydrogen-bond donors (Lipinski definition) is 3. The van der Waals surface area contributed by atoms with Crippen molar-refractivity contribution in [3.63, 3.8) is 0 Å². The molecule has 0 aliphatic carbocycles. The van der Waals surface area contributed by atoms with Gasteiger partial charge in [0.2, 0.25) is 0 Å². The Labute approximate surface area is 240 Å². The van der Waals surface area contributed by atoms with Crippen molar-refractivity contribution in [2.75, 3.05) is 38.7 Å². The fourth-order valence-corrected chi connectivity index (χ4v) is 5.73. The Kier molecular flexibility index (Phi) is 10.9. The number of ether oxygens (including phenoxy) is 1. The zero-order chi connectivity index (χ0) is 27.8. The molecule has 9 heteroatoms. The molecule has 2 aromatic rings. The van der Waals surface area contributed by atoms with E-state index in [0.717, 1.165) is 50.0 Å². The van der Waals surface area contributed by atoms with E-state index in [4.69, 9.17) is 4.74 Å². The topological polar surface area (TPSA) is 70.7 Å². The normalized spacial score (nSPS) is 21.2. The SMILES string of the molecule is CSCCC(NC(=O)c1ccc(/C=C/[C@@H]2C[C@H](S)CN2)cc1-c1ccc(F)cc1)C(=O)OC1CCN(C)CC1. The Morgan fingerprint density at radius 2 is 1.97 bits per heavy atom. The molecular formula is C30H38FN3O3S2. The van der Waals surface area contributed by atoms with Crippen LogP contribution in [0.2, 0.25) is 0 Å². The third-order valence-electron chi connectivity index (χ3n) is 7.26. The Morgan fingerprint density at radius 1 is 1.23 bits per heavy atom. The van der Waals surface area contributed by atoms with E-state index in [2.05, 4.69) is 41.3 Å². The fraction of sp³-hybridized carbons (Fsp3) is 0.467. The van der Waals surface area contributed by atoms with Crippen LogP contribution < -0.4 is 10.6 Å². The molecule has 3 atom stereocenters. The lowest BCUT2D eigenvalue weighted by Crippen LogP contribution is -2.45. The van der Waals surface area contributed by atoms with Gasteiger partial charge in [0.25, 0.3) is 5.91 Å². The van der Waals surface area contributed by atoms with Crippen molar-refractivity contribution in [1.29, 1.82) is 0 Å². The van der Waals surface area contributed by atoms with Crippen molar-refractivity contribution in [2.45, 2.75) is 49.1 Å². The molecule has 0 bridgehead atoms. The minimum atomic E-state index is -0.743. The first-order chi connectivity index (χ1) is 18.8. The quantitative estimate of drug-likeness (QED) is 0.285. The molecule has 4 rings (SSSR count). The third-order valence-corrected chi connectivity index (χ3v) is 8.29. The van der Waals surface area contributed by atoms with Gasteiger partial charge in [0.05, 0.1) is 0 Å². The van der Waals surface area contributed by atoms with Crippen LogP contribution in [0.4, 0.5) is 4.39 Å². The highest BCUT2D eigenvalue weighted by Gasteiger charge is 2.28. The predicted octanol–water partition coefficient (Wildman–Crippen LogP) is 4.66. The molecule has 210 valence electrons. The van der Waals surface area contributed by atoms with Gasteiger partial charge in [0.15, 0.2) is 0 Å². The van der Waals surface area contributed by atoms with Crippen LogP contribution >= 0.6 is 24.4 Å². The number of nitrogens with one attached hydrogen (secondary N) is 2. The number of benzene rings is 2. The van der Waals surface area contributed by atoms with Crippen molar-refractivity contribution in [1.82, 2.24) is 15.5 Å². The van der Waals surface area contributed by atoms with E-state index >= 15 is 0 Å². The number of thiol groups is 1. The molecule has 1 unspecified atom stereocenters. The minimum absolute atomic E-state index is 0.129. The molecular weight excluding hydrogens is 533 g/mol. The predicted molar refractivity (Wildman–Crippen MR) is 161 cm³/mol. The monoisotopic (exact) mass is 571 g/mol. The molecule has 2 heterocycles. The van der Waals surface area contributed by atoms with Crippen LogP contribution in [-0.4, -0.2) is 78.9 Å². The number of thioether (sulfide) groups is 1. The van der Waals surface area contributed by atoms with Crippen LogP contribution in [-0.2, 0) is 9.53 Å². The molecule has 0 aromatic heterocycles. The van der Waals surface area contributed by atoms with Gasteiger partial charge in [0.1, 0.15) is 18.0 Å². The van der Waals surface area contributed by atoms with E-state index in [1.807, 2.05) is 24.5 Å². The van der Waals surface area contributed by atoms with Crippen molar-refractivity contribution in [3.05, 3.63) is 65.5 Å². The fourth-order valence-electron chi connectivity index (χ4n) is 4.92. The lowest BCUT2D eigenvalue weighted by molar-refractivity contribution is -0.153. The van der Waals surface area contributed by atoms with Crippen LogP contribution in [0.25, 0.3) is 17.2 Å². The van der Waals surface area contributed by atoms with E-state index < -0.39 is 6.04 Å². The van der Waals surface area contributed by atoms with Gasteiger partial charge in [0, 0.05) is 36.5 Å². The summed E-state index contributed by atoms with van der Waals surface area (Å²) in [4.78, 5) is 28.9. The summed E-state index contributed by atoms with van der Waals surface area (Å²) in [5.74, 6) is -0.374. The maximum Gasteiger partial charge on any atom is 0.328 e.